The maximum atomic E-state index is 14.9. The molecule has 8 nitrogen and oxygen atoms in total. The van der Waals surface area contributed by atoms with Gasteiger partial charge < -0.3 is 14.7 Å². The number of fused-ring (bicyclic) bond motifs is 1. The van der Waals surface area contributed by atoms with E-state index < -0.39 is 23.3 Å². The molecule has 41 heavy (non-hydrogen) atoms. The van der Waals surface area contributed by atoms with Crippen LogP contribution in [0.4, 0.5) is 23.4 Å². The van der Waals surface area contributed by atoms with Crippen LogP contribution in [0.1, 0.15) is 51.5 Å². The Morgan fingerprint density at radius 1 is 1.07 bits per heavy atom. The van der Waals surface area contributed by atoms with Crippen molar-refractivity contribution in [3.63, 3.8) is 0 Å². The van der Waals surface area contributed by atoms with Crippen LogP contribution < -0.4 is 5.32 Å². The molecule has 2 aliphatic rings. The smallest absolute Gasteiger partial charge is 0.358 e. The second-order valence-corrected chi connectivity index (χ2v) is 10.4. The highest BCUT2D eigenvalue weighted by atomic mass is 19.4. The molecule has 6 rings (SSSR count). The van der Waals surface area contributed by atoms with Gasteiger partial charge in [-0.25, -0.2) is 14.4 Å². The number of aromatic nitrogens is 3. The minimum absolute atomic E-state index is 0.0132. The third kappa shape index (κ3) is 4.94. The summed E-state index contributed by atoms with van der Waals surface area (Å²) in [4.78, 5) is 35.2. The molecule has 1 aliphatic heterocycles. The lowest BCUT2D eigenvalue weighted by Gasteiger charge is -2.14. The molecule has 1 N–H and O–H groups in total. The lowest BCUT2D eigenvalue weighted by Crippen LogP contribution is -2.28. The van der Waals surface area contributed by atoms with Crippen LogP contribution in [0, 0.1) is 5.82 Å². The van der Waals surface area contributed by atoms with Gasteiger partial charge in [-0.2, -0.15) is 13.2 Å². The fraction of sp³-hybridized carbons (Fsp3) is 0.276. The van der Waals surface area contributed by atoms with E-state index in [1.165, 1.54) is 12.1 Å². The van der Waals surface area contributed by atoms with E-state index in [1.807, 2.05) is 18.2 Å². The van der Waals surface area contributed by atoms with Gasteiger partial charge in [0.15, 0.2) is 11.6 Å². The van der Waals surface area contributed by atoms with Gasteiger partial charge >= 0.3 is 6.18 Å². The molecule has 0 spiro atoms. The van der Waals surface area contributed by atoms with Gasteiger partial charge in [-0.3, -0.25) is 9.59 Å². The summed E-state index contributed by atoms with van der Waals surface area (Å²) in [6.45, 7) is 0.532. The third-order valence-electron chi connectivity index (χ3n) is 7.58. The number of hydrogen-bond donors (Lipinski definition) is 1. The van der Waals surface area contributed by atoms with Gasteiger partial charge in [-0.1, -0.05) is 29.4 Å². The molecule has 2 amide bonds. The van der Waals surface area contributed by atoms with Crippen molar-refractivity contribution in [2.45, 2.75) is 43.8 Å². The maximum Gasteiger partial charge on any atom is 0.401 e. The van der Waals surface area contributed by atoms with Crippen LogP contribution in [-0.2, 0) is 29.6 Å². The first-order chi connectivity index (χ1) is 19.5. The number of benzene rings is 2. The lowest BCUT2D eigenvalue weighted by molar-refractivity contribution is -0.165. The van der Waals surface area contributed by atoms with Crippen molar-refractivity contribution in [3.8, 4) is 11.1 Å². The number of anilines is 1. The number of rotatable bonds is 7. The first-order valence-electron chi connectivity index (χ1n) is 12.8. The first kappa shape index (κ1) is 26.6. The average molecular weight is 566 g/mol. The minimum Gasteiger partial charge on any atom is -0.358 e. The Morgan fingerprint density at radius 2 is 1.83 bits per heavy atom. The fourth-order valence-electron chi connectivity index (χ4n) is 5.05. The minimum atomic E-state index is -4.47. The summed E-state index contributed by atoms with van der Waals surface area (Å²) in [6.07, 6.45) is -1.41. The molecule has 2 aromatic carbocycles. The van der Waals surface area contributed by atoms with Gasteiger partial charge in [-0.05, 0) is 47.2 Å². The zero-order valence-corrected chi connectivity index (χ0v) is 21.8. The van der Waals surface area contributed by atoms with Crippen LogP contribution in [-0.4, -0.2) is 45.1 Å². The Bertz CT molecular complexity index is 1660. The number of carbonyl (C=O) groups excluding carboxylic acids is 2. The summed E-state index contributed by atoms with van der Waals surface area (Å²) in [6, 6.07) is 11.0. The molecule has 0 radical (unpaired) electrons. The standard InChI is InChI=1S/C29H23F4N5O3/c1-38-15-21-17(3-2-4-20(21)27(38)40)10-24-34-13-19(14-35-24)16-5-6-18(22(30)9-16)11-26(39)36-25-12-23(41-37-25)28(7-8-28)29(31,32)33/h2-6,9,12-14H,7-8,10-11,15H2,1H3,(H,36,37,39). The number of nitrogens with zero attached hydrogens (tertiary/aromatic N) is 4. The zero-order valence-electron chi connectivity index (χ0n) is 21.8. The van der Waals surface area contributed by atoms with Crippen molar-refractivity contribution in [2.24, 2.45) is 0 Å². The Hall–Kier alpha value is -4.61. The van der Waals surface area contributed by atoms with E-state index >= 15 is 0 Å². The van der Waals surface area contributed by atoms with Crippen molar-refractivity contribution >= 4 is 17.6 Å². The molecule has 0 bridgehead atoms. The summed E-state index contributed by atoms with van der Waals surface area (Å²) in [5.74, 6) is -1.25. The number of hydrogen-bond acceptors (Lipinski definition) is 6. The van der Waals surface area contributed by atoms with Crippen molar-refractivity contribution in [3.05, 3.63) is 94.5 Å². The topological polar surface area (TPSA) is 101 Å². The zero-order chi connectivity index (χ0) is 28.9. The predicted octanol–water partition coefficient (Wildman–Crippen LogP) is 5.22. The molecular weight excluding hydrogens is 542 g/mol. The molecule has 210 valence electrons. The first-order valence-corrected chi connectivity index (χ1v) is 12.8. The predicted molar refractivity (Wildman–Crippen MR) is 138 cm³/mol. The Balaban J connectivity index is 1.10. The van der Waals surface area contributed by atoms with Crippen molar-refractivity contribution < 1.29 is 31.7 Å². The summed E-state index contributed by atoms with van der Waals surface area (Å²) >= 11 is 0. The maximum absolute atomic E-state index is 14.9. The van der Waals surface area contributed by atoms with Crippen molar-refractivity contribution in [1.29, 1.82) is 0 Å². The third-order valence-corrected chi connectivity index (χ3v) is 7.58. The Kier molecular flexibility index (Phi) is 6.35. The molecule has 4 aromatic rings. The van der Waals surface area contributed by atoms with E-state index in [2.05, 4.69) is 20.4 Å². The van der Waals surface area contributed by atoms with Gasteiger partial charge in [0.05, 0.1) is 6.42 Å². The fourth-order valence-corrected chi connectivity index (χ4v) is 5.05. The van der Waals surface area contributed by atoms with Crippen LogP contribution in [0.3, 0.4) is 0 Å². The number of alkyl halides is 3. The molecule has 0 unspecified atom stereocenters. The Labute approximate surface area is 231 Å². The van der Waals surface area contributed by atoms with E-state index in [1.54, 1.807) is 30.4 Å². The molecule has 2 aromatic heterocycles. The molecule has 3 heterocycles. The van der Waals surface area contributed by atoms with Crippen LogP contribution in [0.25, 0.3) is 11.1 Å². The molecule has 0 saturated heterocycles. The van der Waals surface area contributed by atoms with Crippen LogP contribution in [0.2, 0.25) is 0 Å². The van der Waals surface area contributed by atoms with E-state index in [0.29, 0.717) is 35.5 Å². The number of halogens is 4. The highest BCUT2D eigenvalue weighted by Crippen LogP contribution is 2.59. The largest absolute Gasteiger partial charge is 0.401 e. The Morgan fingerprint density at radius 3 is 2.51 bits per heavy atom. The highest BCUT2D eigenvalue weighted by Gasteiger charge is 2.66. The van der Waals surface area contributed by atoms with Crippen molar-refractivity contribution in [2.75, 3.05) is 12.4 Å². The molecule has 1 aliphatic carbocycles. The van der Waals surface area contributed by atoms with Crippen LogP contribution in [0.5, 0.6) is 0 Å². The molecular formula is C29H23F4N5O3. The molecule has 1 fully saturated rings. The quantitative estimate of drug-likeness (QED) is 0.309. The van der Waals surface area contributed by atoms with Crippen LogP contribution >= 0.6 is 0 Å². The second-order valence-electron chi connectivity index (χ2n) is 10.4. The summed E-state index contributed by atoms with van der Waals surface area (Å²) in [5, 5.41) is 5.88. The van der Waals surface area contributed by atoms with E-state index in [9.17, 15) is 27.2 Å². The van der Waals surface area contributed by atoms with Gasteiger partial charge in [0.2, 0.25) is 5.91 Å². The normalized spacial score (nSPS) is 15.6. The van der Waals surface area contributed by atoms with Gasteiger partial charge in [0.1, 0.15) is 17.1 Å². The number of carbonyl (C=O) groups is 2. The van der Waals surface area contributed by atoms with Gasteiger partial charge in [0, 0.05) is 49.6 Å². The van der Waals surface area contributed by atoms with Crippen LogP contribution in [0.15, 0.2) is 59.4 Å². The SMILES string of the molecule is CN1Cc2c(Cc3ncc(-c4ccc(CC(=O)Nc5cc(C6(C(F)(F)F)CC6)on5)c(F)c4)cn3)cccc2C1=O. The summed E-state index contributed by atoms with van der Waals surface area (Å²) < 4.78 is 59.6. The number of amides is 2. The lowest BCUT2D eigenvalue weighted by atomic mass is 10.0. The molecule has 0 atom stereocenters. The van der Waals surface area contributed by atoms with E-state index in [4.69, 9.17) is 4.52 Å². The monoisotopic (exact) mass is 565 g/mol. The van der Waals surface area contributed by atoms with Crippen molar-refractivity contribution in [1.82, 2.24) is 20.0 Å². The van der Waals surface area contributed by atoms with Gasteiger partial charge in [-0.15, -0.1) is 0 Å². The molecule has 12 heteroatoms. The number of nitrogens with one attached hydrogen (secondary N) is 1. The second kappa shape index (κ2) is 9.79. The van der Waals surface area contributed by atoms with Gasteiger partial charge in [0.25, 0.3) is 5.91 Å². The average Bonchev–Trinajstić information content (AvgIpc) is 3.55. The molecule has 1 saturated carbocycles. The summed E-state index contributed by atoms with van der Waals surface area (Å²) in [5.41, 5.74) is 1.75. The van der Waals surface area contributed by atoms with E-state index in [0.717, 1.165) is 17.2 Å². The summed E-state index contributed by atoms with van der Waals surface area (Å²) in [7, 11) is 1.75. The van der Waals surface area contributed by atoms with E-state index in [-0.39, 0.29) is 42.3 Å². The highest BCUT2D eigenvalue weighted by molar-refractivity contribution is 5.98.